The summed E-state index contributed by atoms with van der Waals surface area (Å²) in [6.07, 6.45) is 1.45. The van der Waals surface area contributed by atoms with Crippen molar-refractivity contribution >= 4 is 18.4 Å². The van der Waals surface area contributed by atoms with Crippen LogP contribution in [0.1, 0.15) is 18.7 Å². The van der Waals surface area contributed by atoms with Crippen LogP contribution in [0.3, 0.4) is 0 Å². The van der Waals surface area contributed by atoms with Crippen LogP contribution >= 0.6 is 12.4 Å². The summed E-state index contributed by atoms with van der Waals surface area (Å²) in [4.78, 5) is 13.5. The van der Waals surface area contributed by atoms with Crippen LogP contribution in [0.15, 0.2) is 18.3 Å². The number of halogens is 3. The van der Waals surface area contributed by atoms with E-state index < -0.39 is 17.9 Å². The number of alkyl halides is 2. The molecule has 0 saturated carbocycles. The molecule has 0 saturated heterocycles. The topological polar surface area (TPSA) is 68.1 Å². The molecule has 7 heteroatoms. The summed E-state index contributed by atoms with van der Waals surface area (Å²) in [6, 6.07) is 1.19. The number of rotatable bonds is 4. The fourth-order valence-corrected chi connectivity index (χ4v) is 1.09. The standard InChI is InChI=1S/C9H12F2N2O2.ClH/c1-2-15-8(14)9(10,11)7(12)6-4-3-5-13-6;/h3-5,7,13H,2,12H2,1H3;1H/t7-;/m0./s1. The maximum Gasteiger partial charge on any atom is 0.379 e. The Bertz CT molecular complexity index is 330. The Balaban J connectivity index is 0.00000225. The molecule has 0 bridgehead atoms. The van der Waals surface area contributed by atoms with Crippen molar-refractivity contribution < 1.29 is 18.3 Å². The molecule has 16 heavy (non-hydrogen) atoms. The smallest absolute Gasteiger partial charge is 0.379 e. The number of nitrogens with one attached hydrogen (secondary N) is 1. The maximum absolute atomic E-state index is 13.3. The van der Waals surface area contributed by atoms with Crippen LogP contribution in [0.4, 0.5) is 8.78 Å². The number of carbonyl (C=O) groups excluding carboxylic acids is 1. The molecule has 0 aromatic carbocycles. The van der Waals surface area contributed by atoms with Gasteiger partial charge in [-0.05, 0) is 19.1 Å². The summed E-state index contributed by atoms with van der Waals surface area (Å²) in [6.45, 7) is 1.35. The molecule has 0 spiro atoms. The first-order valence-corrected chi connectivity index (χ1v) is 4.44. The van der Waals surface area contributed by atoms with Gasteiger partial charge in [0.15, 0.2) is 0 Å². The van der Waals surface area contributed by atoms with E-state index in [1.54, 1.807) is 0 Å². The second kappa shape index (κ2) is 5.81. The van der Waals surface area contributed by atoms with Crippen molar-refractivity contribution in [3.63, 3.8) is 0 Å². The summed E-state index contributed by atoms with van der Waals surface area (Å²) >= 11 is 0. The van der Waals surface area contributed by atoms with Crippen LogP contribution in [0.2, 0.25) is 0 Å². The summed E-state index contributed by atoms with van der Waals surface area (Å²) in [5, 5.41) is 0. The van der Waals surface area contributed by atoms with E-state index in [4.69, 9.17) is 5.73 Å². The van der Waals surface area contributed by atoms with E-state index in [0.717, 1.165) is 0 Å². The van der Waals surface area contributed by atoms with Crippen LogP contribution in [0.25, 0.3) is 0 Å². The first kappa shape index (κ1) is 14.9. The van der Waals surface area contributed by atoms with Gasteiger partial charge in [0.05, 0.1) is 6.61 Å². The van der Waals surface area contributed by atoms with Gasteiger partial charge in [-0.1, -0.05) is 0 Å². The second-order valence-corrected chi connectivity index (χ2v) is 2.95. The third kappa shape index (κ3) is 2.93. The lowest BCUT2D eigenvalue weighted by Crippen LogP contribution is -2.41. The predicted octanol–water partition coefficient (Wildman–Crippen LogP) is 1.63. The van der Waals surface area contributed by atoms with Gasteiger partial charge >= 0.3 is 11.9 Å². The SMILES string of the molecule is CCOC(=O)C(F)(F)[C@@H](N)c1ccc[nH]1.Cl. The molecule has 0 aliphatic rings. The second-order valence-electron chi connectivity index (χ2n) is 2.95. The summed E-state index contributed by atoms with van der Waals surface area (Å²) in [7, 11) is 0. The highest BCUT2D eigenvalue weighted by atomic mass is 35.5. The van der Waals surface area contributed by atoms with Crippen LogP contribution in [-0.4, -0.2) is 23.5 Å². The van der Waals surface area contributed by atoms with Gasteiger partial charge in [0.25, 0.3) is 0 Å². The lowest BCUT2D eigenvalue weighted by Gasteiger charge is -2.20. The van der Waals surface area contributed by atoms with Gasteiger partial charge < -0.3 is 15.5 Å². The maximum atomic E-state index is 13.3. The molecule has 0 aliphatic heterocycles. The summed E-state index contributed by atoms with van der Waals surface area (Å²) in [5.41, 5.74) is 5.36. The average Bonchev–Trinajstić information content (AvgIpc) is 2.69. The third-order valence-electron chi connectivity index (χ3n) is 1.90. The number of esters is 1. The van der Waals surface area contributed by atoms with Crippen molar-refractivity contribution in [1.82, 2.24) is 4.98 Å². The average molecular weight is 255 g/mol. The summed E-state index contributed by atoms with van der Waals surface area (Å²) < 4.78 is 30.9. The van der Waals surface area contributed by atoms with Crippen LogP contribution in [-0.2, 0) is 9.53 Å². The van der Waals surface area contributed by atoms with Crippen LogP contribution in [0, 0.1) is 0 Å². The fourth-order valence-electron chi connectivity index (χ4n) is 1.09. The Morgan fingerprint density at radius 1 is 1.69 bits per heavy atom. The Hall–Kier alpha value is -1.14. The fraction of sp³-hybridized carbons (Fsp3) is 0.444. The number of carbonyl (C=O) groups is 1. The lowest BCUT2D eigenvalue weighted by atomic mass is 10.1. The molecule has 0 fully saturated rings. The molecule has 1 heterocycles. The zero-order chi connectivity index (χ0) is 11.5. The van der Waals surface area contributed by atoms with E-state index in [-0.39, 0.29) is 24.7 Å². The predicted molar refractivity (Wildman–Crippen MR) is 56.5 cm³/mol. The quantitative estimate of drug-likeness (QED) is 0.803. The van der Waals surface area contributed by atoms with Crippen molar-refractivity contribution in [3.05, 3.63) is 24.0 Å². The molecule has 1 aromatic heterocycles. The highest BCUT2D eigenvalue weighted by Gasteiger charge is 2.48. The number of aromatic amines is 1. The zero-order valence-corrected chi connectivity index (χ0v) is 9.39. The molecule has 1 rings (SSSR count). The highest BCUT2D eigenvalue weighted by Crippen LogP contribution is 2.29. The number of nitrogens with two attached hydrogens (primary N) is 1. The summed E-state index contributed by atoms with van der Waals surface area (Å²) in [5.74, 6) is -5.33. The van der Waals surface area contributed by atoms with E-state index in [0.29, 0.717) is 0 Å². The van der Waals surface area contributed by atoms with Crippen molar-refractivity contribution in [2.45, 2.75) is 18.9 Å². The molecule has 92 valence electrons. The number of aromatic nitrogens is 1. The highest BCUT2D eigenvalue weighted by molar-refractivity contribution is 5.85. The molecule has 0 aliphatic carbocycles. The molecule has 0 unspecified atom stereocenters. The van der Waals surface area contributed by atoms with Crippen molar-refractivity contribution in [1.29, 1.82) is 0 Å². The van der Waals surface area contributed by atoms with E-state index in [1.165, 1.54) is 25.3 Å². The first-order chi connectivity index (χ1) is 7.00. The third-order valence-corrected chi connectivity index (χ3v) is 1.90. The molecular weight excluding hydrogens is 242 g/mol. The Morgan fingerprint density at radius 3 is 2.75 bits per heavy atom. The van der Waals surface area contributed by atoms with E-state index >= 15 is 0 Å². The first-order valence-electron chi connectivity index (χ1n) is 4.44. The monoisotopic (exact) mass is 254 g/mol. The van der Waals surface area contributed by atoms with Crippen LogP contribution in [0.5, 0.6) is 0 Å². The molecule has 0 amide bonds. The molecule has 0 radical (unpaired) electrons. The molecule has 4 nitrogen and oxygen atoms in total. The lowest BCUT2D eigenvalue weighted by molar-refractivity contribution is -0.175. The zero-order valence-electron chi connectivity index (χ0n) is 8.57. The Morgan fingerprint density at radius 2 is 2.31 bits per heavy atom. The molecule has 1 aromatic rings. The van der Waals surface area contributed by atoms with E-state index in [9.17, 15) is 13.6 Å². The largest absolute Gasteiger partial charge is 0.462 e. The Kier molecular flexibility index (Phi) is 5.40. The van der Waals surface area contributed by atoms with E-state index in [2.05, 4.69) is 9.72 Å². The number of hydrogen-bond acceptors (Lipinski definition) is 3. The van der Waals surface area contributed by atoms with Gasteiger partial charge in [-0.15, -0.1) is 12.4 Å². The minimum absolute atomic E-state index is 0. The minimum atomic E-state index is -3.72. The number of ether oxygens (including phenoxy) is 1. The number of hydrogen-bond donors (Lipinski definition) is 2. The number of H-pyrrole nitrogens is 1. The normalized spacial score (nSPS) is 12.8. The molecule has 1 atom stereocenters. The van der Waals surface area contributed by atoms with Gasteiger partial charge in [-0.25, -0.2) is 4.79 Å². The van der Waals surface area contributed by atoms with Crippen molar-refractivity contribution in [2.24, 2.45) is 5.73 Å². The van der Waals surface area contributed by atoms with Gasteiger partial charge in [0.2, 0.25) is 0 Å². The van der Waals surface area contributed by atoms with Crippen molar-refractivity contribution in [2.75, 3.05) is 6.61 Å². The van der Waals surface area contributed by atoms with Gasteiger partial charge in [0, 0.05) is 11.9 Å². The van der Waals surface area contributed by atoms with Gasteiger partial charge in [-0.2, -0.15) is 8.78 Å². The van der Waals surface area contributed by atoms with Crippen LogP contribution < -0.4 is 5.73 Å². The Labute approximate surface area is 97.6 Å². The van der Waals surface area contributed by atoms with E-state index in [1.807, 2.05) is 0 Å². The molecular formula is C9H13ClF2N2O2. The van der Waals surface area contributed by atoms with Gasteiger partial charge in [-0.3, -0.25) is 0 Å². The van der Waals surface area contributed by atoms with Crippen molar-refractivity contribution in [3.8, 4) is 0 Å². The molecule has 3 N–H and O–H groups in total. The minimum Gasteiger partial charge on any atom is -0.462 e. The van der Waals surface area contributed by atoms with Gasteiger partial charge in [0.1, 0.15) is 6.04 Å².